The second kappa shape index (κ2) is 6.90. The molecule has 0 aromatic heterocycles. The van der Waals surface area contributed by atoms with Gasteiger partial charge in [-0.25, -0.2) is 4.79 Å². The minimum atomic E-state index is -1.08. The largest absolute Gasteiger partial charge is 0.478 e. The highest BCUT2D eigenvalue weighted by Gasteiger charge is 2.19. The van der Waals surface area contributed by atoms with E-state index in [2.05, 4.69) is 0 Å². The second-order valence-corrected chi connectivity index (χ2v) is 3.89. The molecule has 0 amide bonds. The Bertz CT molecular complexity index is 431. The van der Waals surface area contributed by atoms with Gasteiger partial charge in [0, 0.05) is 6.08 Å². The number of carbonyl (C=O) groups is 1. The van der Waals surface area contributed by atoms with Crippen LogP contribution in [0.1, 0.15) is 23.7 Å². The molecule has 18 heavy (non-hydrogen) atoms. The number of aliphatic hydroxyl groups is 2. The van der Waals surface area contributed by atoms with Gasteiger partial charge in [0.05, 0.1) is 6.10 Å². The van der Waals surface area contributed by atoms with Crippen LogP contribution in [0.15, 0.2) is 30.3 Å². The first-order valence-electron chi connectivity index (χ1n) is 5.62. The van der Waals surface area contributed by atoms with Crippen molar-refractivity contribution in [3.8, 4) is 0 Å². The van der Waals surface area contributed by atoms with Gasteiger partial charge >= 0.3 is 5.97 Å². The summed E-state index contributed by atoms with van der Waals surface area (Å²) in [6.07, 6.45) is 0.604. The summed E-state index contributed by atoms with van der Waals surface area (Å²) in [6, 6.07) is 6.76. The van der Waals surface area contributed by atoms with E-state index in [1.54, 1.807) is 24.3 Å². The van der Waals surface area contributed by atoms with E-state index in [0.717, 1.165) is 6.08 Å². The highest BCUT2D eigenvalue weighted by atomic mass is 16.4. The van der Waals surface area contributed by atoms with Gasteiger partial charge in [0.1, 0.15) is 6.10 Å². The third kappa shape index (κ3) is 3.96. The van der Waals surface area contributed by atoms with Gasteiger partial charge in [-0.1, -0.05) is 24.3 Å². The van der Waals surface area contributed by atoms with E-state index in [1.807, 2.05) is 0 Å². The molecule has 5 N–H and O–H groups in total. The van der Waals surface area contributed by atoms with Crippen molar-refractivity contribution in [2.45, 2.75) is 18.6 Å². The summed E-state index contributed by atoms with van der Waals surface area (Å²) >= 11 is 0. The maximum absolute atomic E-state index is 10.5. The van der Waals surface area contributed by atoms with E-state index in [0.29, 0.717) is 11.1 Å². The Kier molecular flexibility index (Phi) is 5.51. The van der Waals surface area contributed by atoms with E-state index < -0.39 is 18.2 Å². The predicted molar refractivity (Wildman–Crippen MR) is 67.7 cm³/mol. The number of carboxylic acids is 1. The molecule has 1 aromatic rings. The van der Waals surface area contributed by atoms with Gasteiger partial charge in [-0.2, -0.15) is 0 Å². The molecule has 0 spiro atoms. The molecule has 0 aliphatic heterocycles. The number of aliphatic carboxylic acids is 1. The molecule has 1 rings (SSSR count). The first-order chi connectivity index (χ1) is 8.56. The lowest BCUT2D eigenvalue weighted by Crippen LogP contribution is -2.22. The fourth-order valence-electron chi connectivity index (χ4n) is 1.63. The van der Waals surface area contributed by atoms with Crippen LogP contribution in [0, 0.1) is 0 Å². The fraction of sp³-hybridized carbons (Fsp3) is 0.308. The van der Waals surface area contributed by atoms with Crippen molar-refractivity contribution in [3.63, 3.8) is 0 Å². The number of rotatable bonds is 6. The number of nitrogens with two attached hydrogens (primary N) is 1. The molecule has 0 aliphatic carbocycles. The SMILES string of the molecule is NCCC(O)C(O)c1ccccc1/C=C/C(=O)O. The van der Waals surface area contributed by atoms with E-state index >= 15 is 0 Å². The first-order valence-corrected chi connectivity index (χ1v) is 5.62. The van der Waals surface area contributed by atoms with Crippen molar-refractivity contribution >= 4 is 12.0 Å². The Morgan fingerprint density at radius 1 is 1.33 bits per heavy atom. The molecule has 0 fully saturated rings. The van der Waals surface area contributed by atoms with Crippen LogP contribution in [0.4, 0.5) is 0 Å². The third-order valence-electron chi connectivity index (χ3n) is 2.55. The van der Waals surface area contributed by atoms with Crippen molar-refractivity contribution in [2.24, 2.45) is 5.73 Å². The lowest BCUT2D eigenvalue weighted by molar-refractivity contribution is -0.131. The Balaban J connectivity index is 2.97. The monoisotopic (exact) mass is 251 g/mol. The Hall–Kier alpha value is -1.69. The van der Waals surface area contributed by atoms with E-state index in [4.69, 9.17) is 10.8 Å². The fourth-order valence-corrected chi connectivity index (χ4v) is 1.63. The number of hydrogen-bond acceptors (Lipinski definition) is 4. The molecular weight excluding hydrogens is 234 g/mol. The Labute approximate surface area is 105 Å². The normalized spacial score (nSPS) is 14.6. The predicted octanol–water partition coefficient (Wildman–Crippen LogP) is 0.527. The molecule has 98 valence electrons. The van der Waals surface area contributed by atoms with Crippen molar-refractivity contribution in [3.05, 3.63) is 41.5 Å². The highest BCUT2D eigenvalue weighted by molar-refractivity contribution is 5.85. The zero-order valence-electron chi connectivity index (χ0n) is 9.86. The maximum atomic E-state index is 10.5. The number of carboxylic acid groups (broad SMARTS) is 1. The molecule has 5 heteroatoms. The van der Waals surface area contributed by atoms with E-state index in [1.165, 1.54) is 6.08 Å². The quantitative estimate of drug-likeness (QED) is 0.552. The molecule has 0 heterocycles. The molecule has 2 unspecified atom stereocenters. The topological polar surface area (TPSA) is 104 Å². The molecule has 0 aliphatic rings. The summed E-state index contributed by atoms with van der Waals surface area (Å²) < 4.78 is 0. The van der Waals surface area contributed by atoms with Gasteiger partial charge in [-0.05, 0) is 30.2 Å². The zero-order chi connectivity index (χ0) is 13.5. The molecule has 2 atom stereocenters. The Morgan fingerprint density at radius 3 is 2.61 bits per heavy atom. The van der Waals surface area contributed by atoms with E-state index in [-0.39, 0.29) is 13.0 Å². The first kappa shape index (κ1) is 14.4. The van der Waals surface area contributed by atoms with Crippen molar-refractivity contribution in [1.29, 1.82) is 0 Å². The smallest absolute Gasteiger partial charge is 0.328 e. The Morgan fingerprint density at radius 2 is 2.00 bits per heavy atom. The van der Waals surface area contributed by atoms with Gasteiger partial charge in [0.25, 0.3) is 0 Å². The van der Waals surface area contributed by atoms with Crippen LogP contribution in [0.3, 0.4) is 0 Å². The molecule has 5 nitrogen and oxygen atoms in total. The van der Waals surface area contributed by atoms with E-state index in [9.17, 15) is 15.0 Å². The van der Waals surface area contributed by atoms with Gasteiger partial charge in [0.2, 0.25) is 0 Å². The van der Waals surface area contributed by atoms with Crippen LogP contribution in [0.5, 0.6) is 0 Å². The minimum Gasteiger partial charge on any atom is -0.478 e. The molecule has 0 saturated heterocycles. The van der Waals surface area contributed by atoms with Gasteiger partial charge < -0.3 is 21.1 Å². The summed E-state index contributed by atoms with van der Waals surface area (Å²) in [7, 11) is 0. The van der Waals surface area contributed by atoms with Crippen LogP contribution in [-0.4, -0.2) is 33.9 Å². The van der Waals surface area contributed by atoms with Crippen LogP contribution in [0.25, 0.3) is 6.08 Å². The van der Waals surface area contributed by atoms with Crippen LogP contribution >= 0.6 is 0 Å². The minimum absolute atomic E-state index is 0.269. The highest BCUT2D eigenvalue weighted by Crippen LogP contribution is 2.23. The molecule has 0 bridgehead atoms. The van der Waals surface area contributed by atoms with Crippen LogP contribution < -0.4 is 5.73 Å². The molecular formula is C13H17NO4. The average Bonchev–Trinajstić information content (AvgIpc) is 2.36. The van der Waals surface area contributed by atoms with Crippen molar-refractivity contribution in [1.82, 2.24) is 0 Å². The molecule has 1 aromatic carbocycles. The standard InChI is InChI=1S/C13H17NO4/c14-8-7-11(15)13(18)10-4-2-1-3-9(10)5-6-12(16)17/h1-6,11,13,15,18H,7-8,14H2,(H,16,17)/b6-5+. The molecule has 0 radical (unpaired) electrons. The average molecular weight is 251 g/mol. The van der Waals surface area contributed by atoms with Crippen LogP contribution in [0.2, 0.25) is 0 Å². The third-order valence-corrected chi connectivity index (χ3v) is 2.55. The maximum Gasteiger partial charge on any atom is 0.328 e. The zero-order valence-corrected chi connectivity index (χ0v) is 9.86. The number of benzene rings is 1. The van der Waals surface area contributed by atoms with Crippen molar-refractivity contribution < 1.29 is 20.1 Å². The lowest BCUT2D eigenvalue weighted by atomic mass is 9.97. The summed E-state index contributed by atoms with van der Waals surface area (Å²) in [6.45, 7) is 0.269. The summed E-state index contributed by atoms with van der Waals surface area (Å²) in [5.74, 6) is -1.07. The summed E-state index contributed by atoms with van der Waals surface area (Å²) in [5, 5.41) is 28.3. The summed E-state index contributed by atoms with van der Waals surface area (Å²) in [5.41, 5.74) is 6.36. The number of aliphatic hydroxyl groups excluding tert-OH is 2. The van der Waals surface area contributed by atoms with Gasteiger partial charge in [-0.15, -0.1) is 0 Å². The second-order valence-electron chi connectivity index (χ2n) is 3.89. The lowest BCUT2D eigenvalue weighted by Gasteiger charge is -2.19. The van der Waals surface area contributed by atoms with Gasteiger partial charge in [-0.3, -0.25) is 0 Å². The van der Waals surface area contributed by atoms with Crippen LogP contribution in [-0.2, 0) is 4.79 Å². The number of hydrogen-bond donors (Lipinski definition) is 4. The summed E-state index contributed by atoms with van der Waals surface area (Å²) in [4.78, 5) is 10.5. The van der Waals surface area contributed by atoms with Crippen molar-refractivity contribution in [2.75, 3.05) is 6.54 Å². The molecule has 0 saturated carbocycles. The van der Waals surface area contributed by atoms with Gasteiger partial charge in [0.15, 0.2) is 0 Å².